The molecule has 1 fully saturated rings. The van der Waals surface area contributed by atoms with Crippen LogP contribution in [0, 0.1) is 18.8 Å². The molecular formula is C15H23N3O. The summed E-state index contributed by atoms with van der Waals surface area (Å²) in [6.07, 6.45) is 1.19. The van der Waals surface area contributed by atoms with Gasteiger partial charge in [-0.3, -0.25) is 0 Å². The van der Waals surface area contributed by atoms with Crippen molar-refractivity contribution in [1.82, 2.24) is 0 Å². The summed E-state index contributed by atoms with van der Waals surface area (Å²) in [7, 11) is 0. The number of benzene rings is 1. The summed E-state index contributed by atoms with van der Waals surface area (Å²) in [5.74, 6) is 1.61. The van der Waals surface area contributed by atoms with Crippen LogP contribution in [0.15, 0.2) is 23.4 Å². The predicted molar refractivity (Wildman–Crippen MR) is 78.8 cm³/mol. The lowest BCUT2D eigenvalue weighted by molar-refractivity contribution is 0.318. The highest BCUT2D eigenvalue weighted by Crippen LogP contribution is 2.29. The summed E-state index contributed by atoms with van der Waals surface area (Å²) in [5, 5.41) is 12.1. The van der Waals surface area contributed by atoms with E-state index in [1.54, 1.807) is 0 Å². The van der Waals surface area contributed by atoms with E-state index < -0.39 is 0 Å². The molecule has 104 valence electrons. The molecule has 2 rings (SSSR count). The van der Waals surface area contributed by atoms with Crippen LogP contribution in [0.25, 0.3) is 0 Å². The number of amidine groups is 1. The molecule has 4 heteroatoms. The summed E-state index contributed by atoms with van der Waals surface area (Å²) < 4.78 is 0. The van der Waals surface area contributed by atoms with Crippen LogP contribution in [0.4, 0.5) is 5.69 Å². The Bertz CT molecular complexity index is 484. The summed E-state index contributed by atoms with van der Waals surface area (Å²) in [4.78, 5) is 2.34. The Kier molecular flexibility index (Phi) is 3.98. The van der Waals surface area contributed by atoms with Gasteiger partial charge >= 0.3 is 0 Å². The zero-order chi connectivity index (χ0) is 14.0. The molecule has 1 saturated heterocycles. The van der Waals surface area contributed by atoms with Crippen LogP contribution >= 0.6 is 0 Å². The van der Waals surface area contributed by atoms with Gasteiger partial charge in [0.15, 0.2) is 5.84 Å². The first-order chi connectivity index (χ1) is 9.02. The quantitative estimate of drug-likeness (QED) is 0.372. The normalized spacial score (nSPS) is 24.6. The van der Waals surface area contributed by atoms with Crippen molar-refractivity contribution in [1.29, 1.82) is 0 Å². The minimum atomic E-state index is 0.185. The van der Waals surface area contributed by atoms with E-state index in [9.17, 15) is 0 Å². The van der Waals surface area contributed by atoms with E-state index in [1.165, 1.54) is 6.42 Å². The maximum absolute atomic E-state index is 8.94. The number of rotatable bonds is 2. The highest BCUT2D eigenvalue weighted by Gasteiger charge is 2.24. The van der Waals surface area contributed by atoms with E-state index in [-0.39, 0.29) is 5.84 Å². The van der Waals surface area contributed by atoms with E-state index in [2.05, 4.69) is 36.0 Å². The number of nitrogens with two attached hydrogens (primary N) is 1. The van der Waals surface area contributed by atoms with Crippen molar-refractivity contribution in [2.45, 2.75) is 27.2 Å². The average molecular weight is 261 g/mol. The van der Waals surface area contributed by atoms with Gasteiger partial charge in [-0.15, -0.1) is 0 Å². The van der Waals surface area contributed by atoms with Crippen LogP contribution in [-0.4, -0.2) is 24.1 Å². The number of piperidine rings is 1. The fourth-order valence-electron chi connectivity index (χ4n) is 2.67. The Morgan fingerprint density at radius 3 is 2.74 bits per heavy atom. The molecule has 1 heterocycles. The van der Waals surface area contributed by atoms with Crippen LogP contribution in [0.3, 0.4) is 0 Å². The highest BCUT2D eigenvalue weighted by atomic mass is 16.4. The lowest BCUT2D eigenvalue weighted by atomic mass is 9.88. The van der Waals surface area contributed by atoms with Gasteiger partial charge in [0.25, 0.3) is 0 Å². The molecule has 19 heavy (non-hydrogen) atoms. The van der Waals surface area contributed by atoms with Gasteiger partial charge in [0, 0.05) is 24.3 Å². The first-order valence-electron chi connectivity index (χ1n) is 6.86. The zero-order valence-corrected chi connectivity index (χ0v) is 11.9. The summed E-state index contributed by atoms with van der Waals surface area (Å²) in [6.45, 7) is 8.66. The maximum Gasteiger partial charge on any atom is 0.172 e. The molecule has 3 N–H and O–H groups in total. The van der Waals surface area contributed by atoms with Gasteiger partial charge in [-0.05, 0) is 37.3 Å². The molecule has 4 nitrogen and oxygen atoms in total. The summed E-state index contributed by atoms with van der Waals surface area (Å²) in [5.41, 5.74) is 8.81. The van der Waals surface area contributed by atoms with Gasteiger partial charge in [-0.2, -0.15) is 0 Å². The monoisotopic (exact) mass is 261 g/mol. The minimum absolute atomic E-state index is 0.185. The second-order valence-electron chi connectivity index (χ2n) is 5.70. The molecule has 1 aromatic carbocycles. The molecule has 0 amide bonds. The number of nitrogens with zero attached hydrogens (tertiary/aromatic N) is 2. The molecule has 0 aliphatic carbocycles. The standard InChI is InChI=1S/C15H23N3O/c1-10-4-5-14(13(8-10)15(16)17-19)18-7-6-11(2)12(3)9-18/h4-5,8,11-12,19H,6-7,9H2,1-3H3,(H2,16,17). The van der Waals surface area contributed by atoms with Crippen LogP contribution in [0.1, 0.15) is 31.4 Å². The van der Waals surface area contributed by atoms with Crippen LogP contribution in [0.5, 0.6) is 0 Å². The van der Waals surface area contributed by atoms with Crippen LogP contribution < -0.4 is 10.6 Å². The van der Waals surface area contributed by atoms with Gasteiger partial charge in [0.1, 0.15) is 0 Å². The lowest BCUT2D eigenvalue weighted by Gasteiger charge is -2.37. The Morgan fingerprint density at radius 2 is 2.11 bits per heavy atom. The van der Waals surface area contributed by atoms with E-state index >= 15 is 0 Å². The molecule has 1 aromatic rings. The second-order valence-corrected chi connectivity index (χ2v) is 5.70. The molecule has 2 atom stereocenters. The van der Waals surface area contributed by atoms with Gasteiger partial charge < -0.3 is 15.8 Å². The lowest BCUT2D eigenvalue weighted by Crippen LogP contribution is -2.39. The first kappa shape index (κ1) is 13.7. The van der Waals surface area contributed by atoms with Crippen molar-refractivity contribution in [3.05, 3.63) is 29.3 Å². The topological polar surface area (TPSA) is 61.8 Å². The van der Waals surface area contributed by atoms with Crippen molar-refractivity contribution in [3.63, 3.8) is 0 Å². The smallest absolute Gasteiger partial charge is 0.172 e. The largest absolute Gasteiger partial charge is 0.409 e. The average Bonchev–Trinajstić information content (AvgIpc) is 2.41. The number of aryl methyl sites for hydroxylation is 1. The number of hydrogen-bond donors (Lipinski definition) is 2. The van der Waals surface area contributed by atoms with E-state index in [0.717, 1.165) is 35.8 Å². The highest BCUT2D eigenvalue weighted by molar-refractivity contribution is 6.02. The predicted octanol–water partition coefficient (Wildman–Crippen LogP) is 2.57. The fourth-order valence-corrected chi connectivity index (χ4v) is 2.67. The first-order valence-corrected chi connectivity index (χ1v) is 6.86. The molecule has 1 aliphatic heterocycles. The van der Waals surface area contributed by atoms with Gasteiger partial charge in [-0.25, -0.2) is 0 Å². The third-order valence-corrected chi connectivity index (χ3v) is 4.21. The van der Waals surface area contributed by atoms with Gasteiger partial charge in [0.2, 0.25) is 0 Å². The van der Waals surface area contributed by atoms with Gasteiger partial charge in [0.05, 0.1) is 0 Å². The SMILES string of the molecule is Cc1ccc(N2CCC(C)C(C)C2)c(/C(N)=N/O)c1. The van der Waals surface area contributed by atoms with E-state index in [1.807, 2.05) is 13.0 Å². The van der Waals surface area contributed by atoms with E-state index in [0.29, 0.717) is 5.92 Å². The zero-order valence-electron chi connectivity index (χ0n) is 11.9. The summed E-state index contributed by atoms with van der Waals surface area (Å²) >= 11 is 0. The molecule has 2 unspecified atom stereocenters. The Labute approximate surface area is 114 Å². The third-order valence-electron chi connectivity index (χ3n) is 4.21. The van der Waals surface area contributed by atoms with Crippen LogP contribution in [-0.2, 0) is 0 Å². The Hall–Kier alpha value is -1.71. The number of oxime groups is 1. The van der Waals surface area contributed by atoms with Crippen molar-refractivity contribution >= 4 is 11.5 Å². The molecule has 1 aliphatic rings. The molecule has 0 spiro atoms. The Balaban J connectivity index is 2.34. The second kappa shape index (κ2) is 5.51. The molecule has 0 aromatic heterocycles. The van der Waals surface area contributed by atoms with Crippen molar-refractivity contribution in [2.75, 3.05) is 18.0 Å². The van der Waals surface area contributed by atoms with Gasteiger partial charge in [-0.1, -0.05) is 30.6 Å². The van der Waals surface area contributed by atoms with Crippen molar-refractivity contribution in [3.8, 4) is 0 Å². The Morgan fingerprint density at radius 1 is 1.37 bits per heavy atom. The molecule has 0 radical (unpaired) electrons. The minimum Gasteiger partial charge on any atom is -0.409 e. The van der Waals surface area contributed by atoms with Crippen LogP contribution in [0.2, 0.25) is 0 Å². The number of anilines is 1. The fraction of sp³-hybridized carbons (Fsp3) is 0.533. The van der Waals surface area contributed by atoms with E-state index in [4.69, 9.17) is 10.9 Å². The molecular weight excluding hydrogens is 238 g/mol. The summed E-state index contributed by atoms with van der Waals surface area (Å²) in [6, 6.07) is 6.13. The third kappa shape index (κ3) is 2.83. The number of hydrogen-bond acceptors (Lipinski definition) is 3. The molecule has 0 saturated carbocycles. The molecule has 0 bridgehead atoms. The van der Waals surface area contributed by atoms with Crippen molar-refractivity contribution < 1.29 is 5.21 Å². The maximum atomic E-state index is 8.94. The van der Waals surface area contributed by atoms with Crippen molar-refractivity contribution in [2.24, 2.45) is 22.7 Å².